The average Bonchev–Trinajstić information content (AvgIpc) is 2.20. The molecule has 1 aliphatic rings. The number of hydrogen-bond donors (Lipinski definition) is 2. The highest BCUT2D eigenvalue weighted by Crippen LogP contribution is 2.43. The molecule has 90 valence electrons. The minimum atomic E-state index is 0.457. The number of nitrogens with two attached hydrogens (primary N) is 1. The topological polar surface area (TPSA) is 38.0 Å². The fourth-order valence-corrected chi connectivity index (χ4v) is 3.12. The molecule has 1 fully saturated rings. The largest absolute Gasteiger partial charge is 0.271 e. The van der Waals surface area contributed by atoms with Crippen molar-refractivity contribution in [3.8, 4) is 0 Å². The first-order chi connectivity index (χ1) is 7.03. The number of nitrogens with one attached hydrogen (secondary N) is 1. The van der Waals surface area contributed by atoms with Gasteiger partial charge in [-0.25, -0.2) is 0 Å². The van der Waals surface area contributed by atoms with Crippen LogP contribution in [0, 0.1) is 17.3 Å². The summed E-state index contributed by atoms with van der Waals surface area (Å²) in [6.07, 6.45) is 6.67. The summed E-state index contributed by atoms with van der Waals surface area (Å²) in [5, 5.41) is 0. The van der Waals surface area contributed by atoms with E-state index in [-0.39, 0.29) is 0 Å². The quantitative estimate of drug-likeness (QED) is 0.555. The van der Waals surface area contributed by atoms with Crippen LogP contribution in [0.2, 0.25) is 0 Å². The zero-order valence-corrected chi connectivity index (χ0v) is 10.8. The third-order valence-corrected chi connectivity index (χ3v) is 4.47. The van der Waals surface area contributed by atoms with E-state index in [1.165, 1.54) is 32.1 Å². The first-order valence-corrected chi connectivity index (χ1v) is 6.49. The van der Waals surface area contributed by atoms with Gasteiger partial charge in [0.2, 0.25) is 0 Å². The van der Waals surface area contributed by atoms with E-state index >= 15 is 0 Å². The smallest absolute Gasteiger partial charge is 0.0269 e. The predicted molar refractivity (Wildman–Crippen MR) is 66.3 cm³/mol. The number of hydrazine groups is 1. The van der Waals surface area contributed by atoms with Gasteiger partial charge >= 0.3 is 0 Å². The first-order valence-electron chi connectivity index (χ1n) is 6.49. The summed E-state index contributed by atoms with van der Waals surface area (Å²) in [4.78, 5) is 0. The Morgan fingerprint density at radius 3 is 2.53 bits per heavy atom. The Morgan fingerprint density at radius 1 is 1.40 bits per heavy atom. The Bertz CT molecular complexity index is 189. The third kappa shape index (κ3) is 2.94. The molecule has 2 heteroatoms. The van der Waals surface area contributed by atoms with Crippen LogP contribution in [0.15, 0.2) is 0 Å². The van der Waals surface area contributed by atoms with Crippen molar-refractivity contribution in [1.29, 1.82) is 0 Å². The molecule has 0 amide bonds. The molecule has 0 aromatic rings. The molecule has 3 unspecified atom stereocenters. The molecular weight excluding hydrogens is 184 g/mol. The Labute approximate surface area is 95.0 Å². The van der Waals surface area contributed by atoms with Crippen molar-refractivity contribution in [2.75, 3.05) is 0 Å². The molecule has 1 aliphatic carbocycles. The van der Waals surface area contributed by atoms with Gasteiger partial charge in [0.25, 0.3) is 0 Å². The molecule has 3 atom stereocenters. The molecule has 0 aliphatic heterocycles. The second kappa shape index (κ2) is 5.31. The average molecular weight is 212 g/mol. The van der Waals surface area contributed by atoms with E-state index in [1.807, 2.05) is 0 Å². The lowest BCUT2D eigenvalue weighted by Crippen LogP contribution is -2.50. The van der Waals surface area contributed by atoms with E-state index in [1.54, 1.807) is 0 Å². The van der Waals surface area contributed by atoms with Crippen LogP contribution in [0.3, 0.4) is 0 Å². The minimum absolute atomic E-state index is 0.457. The Balaban J connectivity index is 2.72. The Morgan fingerprint density at radius 2 is 2.07 bits per heavy atom. The molecule has 0 radical (unpaired) electrons. The van der Waals surface area contributed by atoms with Gasteiger partial charge in [0, 0.05) is 6.04 Å². The third-order valence-electron chi connectivity index (χ3n) is 4.47. The second-order valence-electron chi connectivity index (χ2n) is 5.92. The van der Waals surface area contributed by atoms with Crippen molar-refractivity contribution in [1.82, 2.24) is 5.43 Å². The van der Waals surface area contributed by atoms with Crippen LogP contribution in [0.4, 0.5) is 0 Å². The summed E-state index contributed by atoms with van der Waals surface area (Å²) in [5.74, 6) is 7.17. The molecule has 0 saturated heterocycles. The standard InChI is InChI=1S/C13H28N2/c1-5-10(2)12(15-14)11-8-6-7-9-13(11,3)4/h10-12,15H,5-9,14H2,1-4H3. The molecular formula is C13H28N2. The van der Waals surface area contributed by atoms with Gasteiger partial charge in [-0.3, -0.25) is 11.3 Å². The lowest BCUT2D eigenvalue weighted by Gasteiger charge is -2.45. The number of hydrogen-bond acceptors (Lipinski definition) is 2. The highest BCUT2D eigenvalue weighted by Gasteiger charge is 2.38. The van der Waals surface area contributed by atoms with Gasteiger partial charge in [0.15, 0.2) is 0 Å². The van der Waals surface area contributed by atoms with Crippen LogP contribution >= 0.6 is 0 Å². The summed E-state index contributed by atoms with van der Waals surface area (Å²) >= 11 is 0. The number of rotatable bonds is 4. The fourth-order valence-electron chi connectivity index (χ4n) is 3.12. The molecule has 0 bridgehead atoms. The zero-order valence-electron chi connectivity index (χ0n) is 10.8. The minimum Gasteiger partial charge on any atom is -0.271 e. The van der Waals surface area contributed by atoms with Gasteiger partial charge in [0.05, 0.1) is 0 Å². The summed E-state index contributed by atoms with van der Waals surface area (Å²) in [6.45, 7) is 9.38. The van der Waals surface area contributed by atoms with Crippen LogP contribution in [-0.4, -0.2) is 6.04 Å². The van der Waals surface area contributed by atoms with Crippen molar-refractivity contribution in [3.05, 3.63) is 0 Å². The van der Waals surface area contributed by atoms with Crippen molar-refractivity contribution in [2.24, 2.45) is 23.1 Å². The fraction of sp³-hybridized carbons (Fsp3) is 1.00. The lowest BCUT2D eigenvalue weighted by molar-refractivity contribution is 0.0755. The highest BCUT2D eigenvalue weighted by molar-refractivity contribution is 4.91. The van der Waals surface area contributed by atoms with E-state index in [0.717, 1.165) is 5.92 Å². The maximum atomic E-state index is 5.75. The van der Waals surface area contributed by atoms with E-state index in [2.05, 4.69) is 33.1 Å². The first kappa shape index (κ1) is 13.0. The van der Waals surface area contributed by atoms with E-state index in [0.29, 0.717) is 17.4 Å². The van der Waals surface area contributed by atoms with Crippen molar-refractivity contribution in [3.63, 3.8) is 0 Å². The van der Waals surface area contributed by atoms with E-state index in [9.17, 15) is 0 Å². The van der Waals surface area contributed by atoms with Gasteiger partial charge in [-0.15, -0.1) is 0 Å². The van der Waals surface area contributed by atoms with Crippen LogP contribution in [0.1, 0.15) is 59.8 Å². The SMILES string of the molecule is CCC(C)C(NN)C1CCCCC1(C)C. The molecule has 15 heavy (non-hydrogen) atoms. The van der Waals surface area contributed by atoms with Gasteiger partial charge in [-0.2, -0.15) is 0 Å². The normalized spacial score (nSPS) is 29.8. The molecule has 0 aromatic heterocycles. The van der Waals surface area contributed by atoms with E-state index in [4.69, 9.17) is 5.84 Å². The summed E-state index contributed by atoms with van der Waals surface area (Å²) in [5.41, 5.74) is 3.54. The molecule has 0 heterocycles. The maximum absolute atomic E-state index is 5.75. The van der Waals surface area contributed by atoms with Gasteiger partial charge in [0.1, 0.15) is 0 Å². The summed E-state index contributed by atoms with van der Waals surface area (Å²) in [6, 6.07) is 0.491. The zero-order chi connectivity index (χ0) is 11.5. The van der Waals surface area contributed by atoms with Crippen molar-refractivity contribution in [2.45, 2.75) is 65.8 Å². The molecule has 1 saturated carbocycles. The highest BCUT2D eigenvalue weighted by atomic mass is 15.2. The van der Waals surface area contributed by atoms with Crippen LogP contribution in [0.5, 0.6) is 0 Å². The Kier molecular flexibility index (Phi) is 4.60. The lowest BCUT2D eigenvalue weighted by atomic mass is 9.64. The van der Waals surface area contributed by atoms with Crippen molar-refractivity contribution < 1.29 is 0 Å². The van der Waals surface area contributed by atoms with Crippen LogP contribution in [-0.2, 0) is 0 Å². The van der Waals surface area contributed by atoms with Gasteiger partial charge in [-0.05, 0) is 30.1 Å². The maximum Gasteiger partial charge on any atom is 0.0269 e. The summed E-state index contributed by atoms with van der Waals surface area (Å²) < 4.78 is 0. The molecule has 0 aromatic carbocycles. The van der Waals surface area contributed by atoms with Gasteiger partial charge in [-0.1, -0.05) is 47.0 Å². The Hall–Kier alpha value is -0.0800. The molecule has 3 N–H and O–H groups in total. The predicted octanol–water partition coefficient (Wildman–Crippen LogP) is 3.08. The van der Waals surface area contributed by atoms with Gasteiger partial charge < -0.3 is 0 Å². The molecule has 2 nitrogen and oxygen atoms in total. The van der Waals surface area contributed by atoms with Crippen molar-refractivity contribution >= 4 is 0 Å². The molecule has 1 rings (SSSR count). The van der Waals surface area contributed by atoms with E-state index < -0.39 is 0 Å². The van der Waals surface area contributed by atoms with Crippen LogP contribution < -0.4 is 11.3 Å². The monoisotopic (exact) mass is 212 g/mol. The van der Waals surface area contributed by atoms with Crippen LogP contribution in [0.25, 0.3) is 0 Å². The second-order valence-corrected chi connectivity index (χ2v) is 5.92. The summed E-state index contributed by atoms with van der Waals surface area (Å²) in [7, 11) is 0. The molecule has 0 spiro atoms.